The van der Waals surface area contributed by atoms with E-state index in [0.29, 0.717) is 0 Å². The zero-order chi connectivity index (χ0) is 29.6. The number of rotatable bonds is 10. The molecular formula is C27H23N4O6S2Se2+. The topological polar surface area (TPSA) is 163 Å². The van der Waals surface area contributed by atoms with E-state index < -0.39 is 31.7 Å². The summed E-state index contributed by atoms with van der Waals surface area (Å²) in [7, 11) is -8.40. The molecule has 4 rings (SSSR count). The Kier molecular flexibility index (Phi) is 9.82. The van der Waals surface area contributed by atoms with Gasteiger partial charge in [0.05, 0.1) is 0 Å². The Bertz CT molecular complexity index is 1910. The first kappa shape index (κ1) is 30.7. The van der Waals surface area contributed by atoms with E-state index in [-0.39, 0.29) is 42.5 Å². The van der Waals surface area contributed by atoms with Crippen LogP contribution < -0.4 is 13.9 Å². The zero-order valence-electron chi connectivity index (χ0n) is 21.3. The standard InChI is InChI=1S/C27H22N4O6S2Se2/c28-12-2-4-20-8-10-24-22(18-20)30(14-16-38(32,33)34)26(40-24)6-1-7-27-31(15-17-39(35,36)37)23-19-21(5-3-13-29)9-11-25(23)41-27/h1-11,18-19H,14-17H2,(H-,32,33,34,35,36,37)/p+1/b4-2-,5-3+. The molecule has 41 heavy (non-hydrogen) atoms. The molecule has 2 heterocycles. The zero-order valence-corrected chi connectivity index (χ0v) is 26.3. The average Bonchev–Trinajstić information content (AvgIpc) is 3.43. The molecule has 0 spiro atoms. The van der Waals surface area contributed by atoms with Crippen LogP contribution in [0.15, 0.2) is 65.3 Å². The molecule has 0 radical (unpaired) electrons. The van der Waals surface area contributed by atoms with Crippen molar-refractivity contribution in [1.82, 2.24) is 0 Å². The van der Waals surface area contributed by atoms with Crippen LogP contribution in [0.3, 0.4) is 0 Å². The van der Waals surface area contributed by atoms with Crippen LogP contribution in [-0.2, 0) is 26.8 Å². The molecule has 3 aromatic rings. The monoisotopic (exact) mass is 723 g/mol. The van der Waals surface area contributed by atoms with Gasteiger partial charge in [0.1, 0.15) is 0 Å². The molecule has 210 valence electrons. The van der Waals surface area contributed by atoms with Crippen molar-refractivity contribution in [3.8, 4) is 12.1 Å². The summed E-state index contributed by atoms with van der Waals surface area (Å²) in [5, 5.41) is 17.7. The average molecular weight is 722 g/mol. The van der Waals surface area contributed by atoms with Crippen molar-refractivity contribution < 1.29 is 30.5 Å². The number of allylic oxidation sites excluding steroid dienone is 4. The molecule has 1 aliphatic rings. The van der Waals surface area contributed by atoms with Gasteiger partial charge in [0, 0.05) is 0 Å². The van der Waals surface area contributed by atoms with E-state index in [9.17, 15) is 25.9 Å². The molecule has 1 aliphatic heterocycles. The predicted molar refractivity (Wildman–Crippen MR) is 160 cm³/mol. The van der Waals surface area contributed by atoms with Crippen LogP contribution >= 0.6 is 0 Å². The summed E-state index contributed by atoms with van der Waals surface area (Å²) in [5.41, 5.74) is 3.20. The molecule has 2 aromatic carbocycles. The third-order valence-corrected chi connectivity index (χ3v) is 12.0. The van der Waals surface area contributed by atoms with Crippen molar-refractivity contribution in [2.75, 3.05) is 23.0 Å². The van der Waals surface area contributed by atoms with Gasteiger partial charge < -0.3 is 0 Å². The first-order valence-corrected chi connectivity index (χ1v) is 18.6. The number of nitriles is 2. The second-order valence-corrected chi connectivity index (χ2v) is 16.3. The van der Waals surface area contributed by atoms with Crippen molar-refractivity contribution in [2.24, 2.45) is 0 Å². The molecule has 0 fully saturated rings. The van der Waals surface area contributed by atoms with Gasteiger partial charge in [-0.3, -0.25) is 0 Å². The molecule has 10 nitrogen and oxygen atoms in total. The minimum absolute atomic E-state index is 0.0457. The fourth-order valence-electron chi connectivity index (χ4n) is 4.05. The molecule has 0 aliphatic carbocycles. The van der Waals surface area contributed by atoms with E-state index in [0.717, 1.165) is 40.2 Å². The number of hydrogen-bond acceptors (Lipinski definition) is 7. The molecule has 1 aromatic heterocycles. The van der Waals surface area contributed by atoms with Gasteiger partial charge >= 0.3 is 252 Å². The molecule has 0 atom stereocenters. The summed E-state index contributed by atoms with van der Waals surface area (Å²) in [6.07, 6.45) is 11.6. The Morgan fingerprint density at radius 1 is 0.902 bits per heavy atom. The van der Waals surface area contributed by atoms with Crippen LogP contribution in [0, 0.1) is 22.7 Å². The number of benzene rings is 2. The quantitative estimate of drug-likeness (QED) is 0.138. The fourth-order valence-corrected chi connectivity index (χ4v) is 9.41. The van der Waals surface area contributed by atoms with Gasteiger partial charge in [-0.25, -0.2) is 0 Å². The Balaban J connectivity index is 1.71. The molecule has 0 saturated carbocycles. The Morgan fingerprint density at radius 2 is 1.56 bits per heavy atom. The third-order valence-electron chi connectivity index (χ3n) is 5.83. The predicted octanol–water partition coefficient (Wildman–Crippen LogP) is 1.74. The van der Waals surface area contributed by atoms with Gasteiger partial charge in [0.2, 0.25) is 0 Å². The minimum atomic E-state index is -4.20. The first-order chi connectivity index (χ1) is 19.5. The van der Waals surface area contributed by atoms with Crippen molar-refractivity contribution in [1.29, 1.82) is 10.5 Å². The second-order valence-electron chi connectivity index (χ2n) is 8.66. The van der Waals surface area contributed by atoms with Crippen LogP contribution in [0.2, 0.25) is 0 Å². The van der Waals surface area contributed by atoms with E-state index in [1.165, 1.54) is 12.2 Å². The third kappa shape index (κ3) is 8.37. The first-order valence-electron chi connectivity index (χ1n) is 11.9. The summed E-state index contributed by atoms with van der Waals surface area (Å²) in [5.74, 6) is -0.909. The van der Waals surface area contributed by atoms with Gasteiger partial charge in [0.15, 0.2) is 0 Å². The summed E-state index contributed by atoms with van der Waals surface area (Å²) < 4.78 is 70.5. The van der Waals surface area contributed by atoms with Gasteiger partial charge in [-0.1, -0.05) is 0 Å². The van der Waals surface area contributed by atoms with Gasteiger partial charge in [-0.05, 0) is 0 Å². The summed E-state index contributed by atoms with van der Waals surface area (Å²) in [4.78, 5) is 1.85. The van der Waals surface area contributed by atoms with E-state index in [4.69, 9.17) is 10.5 Å². The van der Waals surface area contributed by atoms with Crippen LogP contribution in [0.1, 0.15) is 15.7 Å². The number of fused-ring (bicyclic) bond motifs is 2. The van der Waals surface area contributed by atoms with Crippen molar-refractivity contribution in [3.63, 3.8) is 0 Å². The molecule has 2 N–H and O–H groups in total. The van der Waals surface area contributed by atoms with Crippen molar-refractivity contribution in [3.05, 3.63) is 81.0 Å². The Labute approximate surface area is 250 Å². The van der Waals surface area contributed by atoms with Crippen LogP contribution in [-0.4, -0.2) is 73.5 Å². The Hall–Kier alpha value is -3.29. The van der Waals surface area contributed by atoms with E-state index in [2.05, 4.69) is 0 Å². The van der Waals surface area contributed by atoms with E-state index in [1.807, 2.05) is 76.2 Å². The summed E-state index contributed by atoms with van der Waals surface area (Å²) >= 11 is -0.311. The van der Waals surface area contributed by atoms with E-state index in [1.54, 1.807) is 12.2 Å². The summed E-state index contributed by atoms with van der Waals surface area (Å²) in [6.45, 7) is 0.0915. The van der Waals surface area contributed by atoms with Gasteiger partial charge in [0.25, 0.3) is 0 Å². The van der Waals surface area contributed by atoms with Crippen molar-refractivity contribution in [2.45, 2.75) is 6.54 Å². The normalized spacial score (nSPS) is 14.9. The molecule has 0 unspecified atom stereocenters. The second kappa shape index (κ2) is 13.1. The van der Waals surface area contributed by atoms with Crippen LogP contribution in [0.5, 0.6) is 0 Å². The van der Waals surface area contributed by atoms with E-state index >= 15 is 0 Å². The molecule has 0 saturated heterocycles. The molecule has 0 amide bonds. The van der Waals surface area contributed by atoms with Crippen LogP contribution in [0.25, 0.3) is 28.0 Å². The number of hydrogen-bond donors (Lipinski definition) is 2. The van der Waals surface area contributed by atoms with Gasteiger partial charge in [-0.15, -0.1) is 0 Å². The maximum atomic E-state index is 11.5. The fraction of sp³-hybridized carbons (Fsp3) is 0.148. The number of nitrogens with zero attached hydrogens (tertiary/aromatic N) is 4. The Morgan fingerprint density at radius 3 is 2.22 bits per heavy atom. The number of aromatic nitrogens is 1. The molecule has 14 heteroatoms. The SMILES string of the molecule is N#C/C=C\c1ccc2[se]c(/C=C/C=C3/[Se]c4ccc(/C=C/C#N)cc4N3CCS(=O)(=O)O)[n+](CCS(=O)(=O)O)c2c1. The number of aryl methyl sites for hydroxylation is 1. The van der Waals surface area contributed by atoms with Crippen LogP contribution in [0.4, 0.5) is 5.69 Å². The molecule has 0 bridgehead atoms. The molecular weight excluding hydrogens is 698 g/mol. The maximum absolute atomic E-state index is 11.5. The summed E-state index contributed by atoms with van der Waals surface area (Å²) in [6, 6.07) is 15.3. The number of anilines is 1. The van der Waals surface area contributed by atoms with Gasteiger partial charge in [-0.2, -0.15) is 0 Å². The van der Waals surface area contributed by atoms with Crippen molar-refractivity contribution >= 4 is 87.9 Å².